The van der Waals surface area contributed by atoms with Crippen LogP contribution in [0.2, 0.25) is 0 Å². The number of nitrogens with one attached hydrogen (secondary N) is 2. The van der Waals surface area contributed by atoms with E-state index in [0.717, 1.165) is 17.4 Å². The lowest BCUT2D eigenvalue weighted by Crippen LogP contribution is -2.57. The molecule has 0 atom stereocenters. The number of aromatic nitrogens is 1. The SMILES string of the molecule is Cc1ccc(-c2nc(CNC(=O)C3(S(C)(=O)=O)CCNCC3)co2)cc1. The summed E-state index contributed by atoms with van der Waals surface area (Å²) in [6.07, 6.45) is 3.14. The number of sulfone groups is 1. The first-order chi connectivity index (χ1) is 12.3. The van der Waals surface area contributed by atoms with Crippen molar-refractivity contribution < 1.29 is 17.6 Å². The molecule has 1 aliphatic rings. The third-order valence-corrected chi connectivity index (χ3v) is 6.83. The molecule has 0 aliphatic carbocycles. The van der Waals surface area contributed by atoms with Gasteiger partial charge >= 0.3 is 0 Å². The lowest BCUT2D eigenvalue weighted by molar-refractivity contribution is -0.124. The topological polar surface area (TPSA) is 101 Å². The molecule has 3 rings (SSSR count). The highest BCUT2D eigenvalue weighted by Gasteiger charge is 2.48. The summed E-state index contributed by atoms with van der Waals surface area (Å²) < 4.78 is 28.6. The van der Waals surface area contributed by atoms with Crippen LogP contribution in [0.3, 0.4) is 0 Å². The molecule has 0 radical (unpaired) electrons. The van der Waals surface area contributed by atoms with Gasteiger partial charge in [0.1, 0.15) is 6.26 Å². The van der Waals surface area contributed by atoms with Crippen LogP contribution in [0, 0.1) is 6.92 Å². The van der Waals surface area contributed by atoms with E-state index in [2.05, 4.69) is 15.6 Å². The fraction of sp³-hybridized carbons (Fsp3) is 0.444. The van der Waals surface area contributed by atoms with Gasteiger partial charge in [0.2, 0.25) is 11.8 Å². The van der Waals surface area contributed by atoms with Gasteiger partial charge in [0.25, 0.3) is 0 Å². The normalized spacial score (nSPS) is 17.0. The van der Waals surface area contributed by atoms with Gasteiger partial charge in [-0.05, 0) is 45.0 Å². The van der Waals surface area contributed by atoms with Crippen LogP contribution >= 0.6 is 0 Å². The molecule has 0 bridgehead atoms. The minimum atomic E-state index is -3.53. The first-order valence-electron chi connectivity index (χ1n) is 8.52. The molecule has 8 heteroatoms. The van der Waals surface area contributed by atoms with E-state index in [1.807, 2.05) is 31.2 Å². The van der Waals surface area contributed by atoms with Crippen molar-refractivity contribution >= 4 is 15.7 Å². The number of carbonyl (C=O) groups excluding carboxylic acids is 1. The summed E-state index contributed by atoms with van der Waals surface area (Å²) >= 11 is 0. The fourth-order valence-electron chi connectivity index (χ4n) is 3.15. The van der Waals surface area contributed by atoms with Crippen molar-refractivity contribution in [3.05, 3.63) is 41.8 Å². The summed E-state index contributed by atoms with van der Waals surface area (Å²) in [6, 6.07) is 7.76. The fourth-order valence-corrected chi connectivity index (χ4v) is 4.50. The third kappa shape index (κ3) is 3.66. The van der Waals surface area contributed by atoms with Crippen molar-refractivity contribution in [3.8, 4) is 11.5 Å². The lowest BCUT2D eigenvalue weighted by Gasteiger charge is -2.34. The van der Waals surface area contributed by atoms with E-state index >= 15 is 0 Å². The van der Waals surface area contributed by atoms with Crippen LogP contribution in [0.1, 0.15) is 24.1 Å². The zero-order valence-electron chi connectivity index (χ0n) is 14.9. The average molecular weight is 377 g/mol. The number of amides is 1. The second-order valence-corrected chi connectivity index (χ2v) is 9.03. The van der Waals surface area contributed by atoms with Crippen LogP contribution in [-0.2, 0) is 21.2 Å². The van der Waals surface area contributed by atoms with Crippen molar-refractivity contribution in [2.45, 2.75) is 31.1 Å². The largest absolute Gasteiger partial charge is 0.444 e. The standard InChI is InChI=1S/C18H23N3O4S/c1-13-3-5-14(6-4-13)16-21-15(12-25-16)11-20-17(22)18(26(2,23)24)7-9-19-10-8-18/h3-6,12,19H,7-11H2,1-2H3,(H,20,22). The molecule has 1 saturated heterocycles. The Hall–Kier alpha value is -2.19. The summed E-state index contributed by atoms with van der Waals surface area (Å²) in [7, 11) is -3.53. The second-order valence-electron chi connectivity index (χ2n) is 6.71. The van der Waals surface area contributed by atoms with Gasteiger partial charge in [-0.1, -0.05) is 17.7 Å². The first kappa shape index (κ1) is 18.6. The van der Waals surface area contributed by atoms with Crippen molar-refractivity contribution in [2.75, 3.05) is 19.3 Å². The lowest BCUT2D eigenvalue weighted by atomic mass is 9.96. The number of hydrogen-bond donors (Lipinski definition) is 2. The Labute approximate surface area is 153 Å². The summed E-state index contributed by atoms with van der Waals surface area (Å²) in [6.45, 7) is 3.13. The zero-order chi connectivity index (χ0) is 18.8. The van der Waals surface area contributed by atoms with E-state index < -0.39 is 20.5 Å². The number of piperidine rings is 1. The van der Waals surface area contributed by atoms with Gasteiger partial charge in [-0.2, -0.15) is 0 Å². The van der Waals surface area contributed by atoms with Crippen LogP contribution < -0.4 is 10.6 Å². The molecular formula is C18H23N3O4S. The quantitative estimate of drug-likeness (QED) is 0.817. The average Bonchev–Trinajstić information content (AvgIpc) is 3.09. The first-order valence-corrected chi connectivity index (χ1v) is 10.4. The van der Waals surface area contributed by atoms with Crippen LogP contribution in [0.15, 0.2) is 34.9 Å². The summed E-state index contributed by atoms with van der Waals surface area (Å²) in [4.78, 5) is 17.0. The molecule has 7 nitrogen and oxygen atoms in total. The van der Waals surface area contributed by atoms with Crippen LogP contribution in [0.25, 0.3) is 11.5 Å². The summed E-state index contributed by atoms with van der Waals surface area (Å²) in [5.74, 6) is -0.00433. The number of benzene rings is 1. The molecule has 2 heterocycles. The molecule has 1 fully saturated rings. The number of nitrogens with zero attached hydrogens (tertiary/aromatic N) is 1. The molecule has 2 N–H and O–H groups in total. The Balaban J connectivity index is 1.70. The highest BCUT2D eigenvalue weighted by molar-refractivity contribution is 7.92. The predicted octanol–water partition coefficient (Wildman–Crippen LogP) is 1.43. The van der Waals surface area contributed by atoms with E-state index in [9.17, 15) is 13.2 Å². The van der Waals surface area contributed by atoms with E-state index in [1.54, 1.807) is 0 Å². The highest BCUT2D eigenvalue weighted by atomic mass is 32.2. The van der Waals surface area contributed by atoms with Gasteiger partial charge < -0.3 is 15.1 Å². The van der Waals surface area contributed by atoms with Crippen LogP contribution in [0.5, 0.6) is 0 Å². The molecule has 1 aromatic heterocycles. The summed E-state index contributed by atoms with van der Waals surface area (Å²) in [5, 5.41) is 5.82. The Morgan fingerprint density at radius 3 is 2.54 bits per heavy atom. The van der Waals surface area contributed by atoms with Crippen molar-refractivity contribution in [2.24, 2.45) is 0 Å². The van der Waals surface area contributed by atoms with Crippen molar-refractivity contribution in [1.82, 2.24) is 15.6 Å². The van der Waals surface area contributed by atoms with Crippen LogP contribution in [0.4, 0.5) is 0 Å². The Bertz CT molecular complexity index is 881. The molecule has 0 saturated carbocycles. The minimum absolute atomic E-state index is 0.124. The van der Waals surface area contributed by atoms with Gasteiger partial charge in [0.15, 0.2) is 14.6 Å². The molecule has 2 aromatic rings. The summed E-state index contributed by atoms with van der Waals surface area (Å²) in [5.41, 5.74) is 2.53. The highest BCUT2D eigenvalue weighted by Crippen LogP contribution is 2.28. The molecule has 1 aliphatic heterocycles. The Morgan fingerprint density at radius 2 is 1.92 bits per heavy atom. The minimum Gasteiger partial charge on any atom is -0.444 e. The molecule has 26 heavy (non-hydrogen) atoms. The van der Waals surface area contributed by atoms with Gasteiger partial charge in [-0.15, -0.1) is 0 Å². The Kier molecular flexibility index (Phi) is 5.15. The van der Waals surface area contributed by atoms with Gasteiger partial charge in [-0.25, -0.2) is 13.4 Å². The van der Waals surface area contributed by atoms with Crippen molar-refractivity contribution in [1.29, 1.82) is 0 Å². The molecule has 1 aromatic carbocycles. The number of rotatable bonds is 5. The molecule has 1 amide bonds. The van der Waals surface area contributed by atoms with Crippen molar-refractivity contribution in [3.63, 3.8) is 0 Å². The van der Waals surface area contributed by atoms with E-state index in [4.69, 9.17) is 4.42 Å². The monoisotopic (exact) mass is 377 g/mol. The maximum Gasteiger partial charge on any atom is 0.241 e. The number of oxazole rings is 1. The van der Waals surface area contributed by atoms with Gasteiger partial charge in [0, 0.05) is 11.8 Å². The molecule has 0 spiro atoms. The van der Waals surface area contributed by atoms with E-state index in [-0.39, 0.29) is 19.4 Å². The van der Waals surface area contributed by atoms with Gasteiger partial charge in [0.05, 0.1) is 12.2 Å². The zero-order valence-corrected chi connectivity index (χ0v) is 15.7. The predicted molar refractivity (Wildman–Crippen MR) is 98.2 cm³/mol. The number of aryl methyl sites for hydroxylation is 1. The third-order valence-electron chi connectivity index (χ3n) is 4.82. The van der Waals surface area contributed by atoms with E-state index in [0.29, 0.717) is 24.7 Å². The second kappa shape index (κ2) is 7.20. The number of carbonyl (C=O) groups is 1. The van der Waals surface area contributed by atoms with Crippen LogP contribution in [-0.4, -0.2) is 43.4 Å². The Morgan fingerprint density at radius 1 is 1.27 bits per heavy atom. The van der Waals surface area contributed by atoms with E-state index in [1.165, 1.54) is 6.26 Å². The van der Waals surface area contributed by atoms with Gasteiger partial charge in [-0.3, -0.25) is 4.79 Å². The smallest absolute Gasteiger partial charge is 0.241 e. The molecular weight excluding hydrogens is 354 g/mol. The molecule has 0 unspecified atom stereocenters. The molecule has 140 valence electrons. The number of hydrogen-bond acceptors (Lipinski definition) is 6. The maximum atomic E-state index is 12.7. The maximum absolute atomic E-state index is 12.7.